The fraction of sp³-hybridized carbons (Fsp3) is 0.933. The lowest BCUT2D eigenvalue weighted by Gasteiger charge is -2.61. The summed E-state index contributed by atoms with van der Waals surface area (Å²) in [6.07, 6.45) is 9.47. The number of guanidine groups is 1. The highest BCUT2D eigenvalue weighted by Crippen LogP contribution is 2.57. The van der Waals surface area contributed by atoms with Gasteiger partial charge in [0.15, 0.2) is 5.96 Å². The van der Waals surface area contributed by atoms with Crippen LogP contribution in [0.1, 0.15) is 51.9 Å². The van der Waals surface area contributed by atoms with E-state index in [1.165, 1.54) is 38.5 Å². The fourth-order valence-corrected chi connectivity index (χ4v) is 3.77. The van der Waals surface area contributed by atoms with E-state index in [2.05, 4.69) is 17.2 Å². The van der Waals surface area contributed by atoms with Gasteiger partial charge < -0.3 is 15.8 Å². The third-order valence-corrected chi connectivity index (χ3v) is 5.50. The molecule has 3 aliphatic carbocycles. The Balaban J connectivity index is 0.00000147. The molecular weight excluding hydrogens is 365 g/mol. The molecule has 20 heavy (non-hydrogen) atoms. The van der Waals surface area contributed by atoms with Crippen LogP contribution in [-0.4, -0.2) is 31.3 Å². The second-order valence-electron chi connectivity index (χ2n) is 6.49. The van der Waals surface area contributed by atoms with E-state index < -0.39 is 0 Å². The van der Waals surface area contributed by atoms with Crippen molar-refractivity contribution in [1.82, 2.24) is 5.32 Å². The highest BCUT2D eigenvalue weighted by Gasteiger charge is 2.59. The van der Waals surface area contributed by atoms with Gasteiger partial charge in [-0.25, -0.2) is 0 Å². The molecule has 0 aromatic rings. The first-order valence-corrected chi connectivity index (χ1v) is 7.92. The summed E-state index contributed by atoms with van der Waals surface area (Å²) in [5, 5.41) is 3.45. The molecule has 0 aromatic carbocycles. The van der Waals surface area contributed by atoms with E-state index >= 15 is 0 Å². The summed E-state index contributed by atoms with van der Waals surface area (Å²) in [6.45, 7) is 3.82. The van der Waals surface area contributed by atoms with E-state index in [-0.39, 0.29) is 24.0 Å². The van der Waals surface area contributed by atoms with Gasteiger partial charge in [0, 0.05) is 24.6 Å². The lowest BCUT2D eigenvalue weighted by atomic mass is 9.51. The fourth-order valence-electron chi connectivity index (χ4n) is 3.77. The molecule has 5 heteroatoms. The van der Waals surface area contributed by atoms with E-state index in [0.717, 1.165) is 25.5 Å². The summed E-state index contributed by atoms with van der Waals surface area (Å²) in [5.74, 6) is 1.44. The van der Waals surface area contributed by atoms with E-state index in [1.54, 1.807) is 0 Å². The first-order valence-electron chi connectivity index (χ1n) is 7.92. The van der Waals surface area contributed by atoms with E-state index in [9.17, 15) is 0 Å². The first kappa shape index (κ1) is 16.3. The molecule has 0 aromatic heterocycles. The molecule has 0 radical (unpaired) electrons. The molecule has 3 aliphatic rings. The quantitative estimate of drug-likeness (QED) is 0.429. The molecule has 0 heterocycles. The number of nitrogens with two attached hydrogens (primary N) is 1. The van der Waals surface area contributed by atoms with E-state index in [1.807, 2.05) is 0 Å². The van der Waals surface area contributed by atoms with Gasteiger partial charge in [0.1, 0.15) is 0 Å². The van der Waals surface area contributed by atoms with E-state index in [0.29, 0.717) is 23.5 Å². The Labute approximate surface area is 139 Å². The summed E-state index contributed by atoms with van der Waals surface area (Å²) >= 11 is 0. The molecule has 0 aliphatic heterocycles. The summed E-state index contributed by atoms with van der Waals surface area (Å²) < 4.78 is 5.85. The average Bonchev–Trinajstić information content (AvgIpc) is 2.23. The second kappa shape index (κ2) is 6.81. The molecule has 3 saturated carbocycles. The standard InChI is InChI=1S/C15H27N3O.HI/c1-2-19-13-9-12(15(13)7-4-8-15)18-14(16)17-10-11-5-3-6-11;/h11-13H,2-10H2,1H3,(H3,16,17,18);1H. The molecule has 0 saturated heterocycles. The van der Waals surface area contributed by atoms with Crippen molar-refractivity contribution in [1.29, 1.82) is 0 Å². The molecule has 4 nitrogen and oxygen atoms in total. The van der Waals surface area contributed by atoms with Crippen molar-refractivity contribution < 1.29 is 4.74 Å². The molecule has 2 unspecified atom stereocenters. The molecule has 3 fully saturated rings. The molecule has 0 bridgehead atoms. The number of nitrogens with zero attached hydrogens (tertiary/aromatic N) is 1. The van der Waals surface area contributed by atoms with Gasteiger partial charge in [-0.3, -0.25) is 4.99 Å². The zero-order valence-electron chi connectivity index (χ0n) is 12.4. The smallest absolute Gasteiger partial charge is 0.188 e. The number of hydrogen-bond donors (Lipinski definition) is 2. The zero-order valence-corrected chi connectivity index (χ0v) is 14.8. The van der Waals surface area contributed by atoms with Crippen LogP contribution in [0.5, 0.6) is 0 Å². The van der Waals surface area contributed by atoms with Crippen molar-refractivity contribution in [3.63, 3.8) is 0 Å². The summed E-state index contributed by atoms with van der Waals surface area (Å²) in [7, 11) is 0. The van der Waals surface area contributed by atoms with Crippen LogP contribution in [0, 0.1) is 11.3 Å². The van der Waals surface area contributed by atoms with Crippen molar-refractivity contribution >= 4 is 29.9 Å². The zero-order chi connectivity index (χ0) is 13.3. The monoisotopic (exact) mass is 393 g/mol. The van der Waals surface area contributed by atoms with Crippen molar-refractivity contribution in [3.8, 4) is 0 Å². The Bertz CT molecular complexity index is 353. The van der Waals surface area contributed by atoms with Crippen LogP contribution >= 0.6 is 24.0 Å². The third kappa shape index (κ3) is 2.93. The normalized spacial score (nSPS) is 31.8. The number of ether oxygens (including phenoxy) is 1. The Morgan fingerprint density at radius 3 is 2.60 bits per heavy atom. The van der Waals surface area contributed by atoms with Gasteiger partial charge >= 0.3 is 0 Å². The molecule has 3 N–H and O–H groups in total. The summed E-state index contributed by atoms with van der Waals surface area (Å²) in [4.78, 5) is 4.51. The topological polar surface area (TPSA) is 59.6 Å². The lowest BCUT2D eigenvalue weighted by Crippen LogP contribution is -2.68. The van der Waals surface area contributed by atoms with E-state index in [4.69, 9.17) is 10.5 Å². The number of aliphatic imine (C=N–C) groups is 1. The molecule has 116 valence electrons. The predicted octanol–water partition coefficient (Wildman–Crippen LogP) is 2.66. The Morgan fingerprint density at radius 2 is 2.10 bits per heavy atom. The van der Waals surface area contributed by atoms with Crippen molar-refractivity contribution in [2.45, 2.75) is 64.0 Å². The SMILES string of the molecule is CCOC1CC(NC(N)=NCC2CCC2)C12CCC2.I. The van der Waals surface area contributed by atoms with Crippen molar-refractivity contribution in [2.24, 2.45) is 22.1 Å². The van der Waals surface area contributed by atoms with Crippen LogP contribution < -0.4 is 11.1 Å². The van der Waals surface area contributed by atoms with Crippen LogP contribution in [0.25, 0.3) is 0 Å². The van der Waals surface area contributed by atoms with Gasteiger partial charge in [0.25, 0.3) is 0 Å². The molecular formula is C15H28IN3O. The van der Waals surface area contributed by atoms with Crippen molar-refractivity contribution in [2.75, 3.05) is 13.2 Å². The molecule has 2 atom stereocenters. The summed E-state index contributed by atoms with van der Waals surface area (Å²) in [6, 6.07) is 0.489. The molecule has 1 spiro atoms. The van der Waals surface area contributed by atoms with Crippen LogP contribution in [0.3, 0.4) is 0 Å². The third-order valence-electron chi connectivity index (χ3n) is 5.50. The Morgan fingerprint density at radius 1 is 1.35 bits per heavy atom. The highest BCUT2D eigenvalue weighted by atomic mass is 127. The highest BCUT2D eigenvalue weighted by molar-refractivity contribution is 14.0. The second-order valence-corrected chi connectivity index (χ2v) is 6.49. The van der Waals surface area contributed by atoms with Crippen molar-refractivity contribution in [3.05, 3.63) is 0 Å². The van der Waals surface area contributed by atoms with Crippen LogP contribution in [-0.2, 0) is 4.74 Å². The van der Waals surface area contributed by atoms with Gasteiger partial charge in [0.05, 0.1) is 6.10 Å². The number of hydrogen-bond acceptors (Lipinski definition) is 2. The first-order chi connectivity index (χ1) is 9.24. The van der Waals surface area contributed by atoms with Gasteiger partial charge in [-0.15, -0.1) is 24.0 Å². The maximum Gasteiger partial charge on any atom is 0.188 e. The van der Waals surface area contributed by atoms with Gasteiger partial charge in [-0.05, 0) is 44.9 Å². The number of nitrogens with one attached hydrogen (secondary N) is 1. The Hall–Kier alpha value is -0.0400. The average molecular weight is 393 g/mol. The number of halogens is 1. The largest absolute Gasteiger partial charge is 0.378 e. The van der Waals surface area contributed by atoms with Gasteiger partial charge in [-0.2, -0.15) is 0 Å². The van der Waals surface area contributed by atoms with Crippen LogP contribution in [0.15, 0.2) is 4.99 Å². The van der Waals surface area contributed by atoms with Crippen LogP contribution in [0.2, 0.25) is 0 Å². The minimum atomic E-state index is 0. The lowest BCUT2D eigenvalue weighted by molar-refractivity contribution is -0.168. The number of rotatable bonds is 5. The molecule has 3 rings (SSSR count). The van der Waals surface area contributed by atoms with Gasteiger partial charge in [-0.1, -0.05) is 12.8 Å². The van der Waals surface area contributed by atoms with Crippen LogP contribution in [0.4, 0.5) is 0 Å². The van der Waals surface area contributed by atoms with Gasteiger partial charge in [0.2, 0.25) is 0 Å². The Kier molecular flexibility index (Phi) is 5.56. The predicted molar refractivity (Wildman–Crippen MR) is 92.5 cm³/mol. The minimum Gasteiger partial charge on any atom is -0.378 e. The summed E-state index contributed by atoms with van der Waals surface area (Å²) in [5.41, 5.74) is 6.40. The maximum absolute atomic E-state index is 6.03. The maximum atomic E-state index is 6.03. The minimum absolute atomic E-state index is 0. The molecule has 0 amide bonds.